The van der Waals surface area contributed by atoms with E-state index in [1.807, 2.05) is 66.4 Å². The molecule has 6 heteroatoms. The van der Waals surface area contributed by atoms with Crippen LogP contribution in [-0.2, 0) is 24.3 Å². The van der Waals surface area contributed by atoms with Gasteiger partial charge in [-0.2, -0.15) is 5.10 Å². The van der Waals surface area contributed by atoms with Crippen LogP contribution >= 0.6 is 0 Å². The Hall–Kier alpha value is -3.15. The molecule has 1 aliphatic heterocycles. The van der Waals surface area contributed by atoms with E-state index in [0.717, 1.165) is 16.7 Å². The Morgan fingerprint density at radius 3 is 2.57 bits per heavy atom. The first-order chi connectivity index (χ1) is 14.4. The number of carbonyl (C=O) groups excluding carboxylic acids is 1. The number of benzene rings is 2. The lowest BCUT2D eigenvalue weighted by Crippen LogP contribution is -2.45. The van der Waals surface area contributed by atoms with Gasteiger partial charge in [0.15, 0.2) is 5.82 Å². The highest BCUT2D eigenvalue weighted by Gasteiger charge is 2.35. The molecule has 1 atom stereocenters. The van der Waals surface area contributed by atoms with Crippen molar-refractivity contribution in [1.29, 1.82) is 0 Å². The average molecular weight is 405 g/mol. The zero-order chi connectivity index (χ0) is 21.3. The van der Waals surface area contributed by atoms with Gasteiger partial charge in [-0.3, -0.25) is 9.36 Å². The number of hydrogen-bond acceptors (Lipinski definition) is 3. The third kappa shape index (κ3) is 3.95. The fourth-order valence-corrected chi connectivity index (χ4v) is 4.14. The van der Waals surface area contributed by atoms with E-state index in [1.165, 1.54) is 0 Å². The van der Waals surface area contributed by atoms with Gasteiger partial charge in [-0.1, -0.05) is 74.0 Å². The number of carbonyl (C=O) groups is 1. The van der Waals surface area contributed by atoms with E-state index >= 15 is 0 Å². The number of nitrogens with zero attached hydrogens (tertiary/aromatic N) is 4. The van der Waals surface area contributed by atoms with Crippen molar-refractivity contribution in [3.05, 3.63) is 87.6 Å². The molecule has 0 radical (unpaired) electrons. The largest absolute Gasteiger partial charge is 0.346 e. The highest BCUT2D eigenvalue weighted by atomic mass is 16.2. The minimum atomic E-state index is -0.363. The summed E-state index contributed by atoms with van der Waals surface area (Å²) in [5.41, 5.74) is 3.02. The van der Waals surface area contributed by atoms with E-state index in [9.17, 15) is 9.59 Å². The second-order valence-electron chi connectivity index (χ2n) is 8.43. The van der Waals surface area contributed by atoms with Crippen molar-refractivity contribution in [1.82, 2.24) is 19.2 Å². The number of aromatic nitrogens is 3. The van der Waals surface area contributed by atoms with Crippen LogP contribution in [0.2, 0.25) is 0 Å². The Morgan fingerprint density at radius 2 is 1.87 bits per heavy atom. The van der Waals surface area contributed by atoms with Crippen LogP contribution in [-0.4, -0.2) is 31.7 Å². The first-order valence-corrected chi connectivity index (χ1v) is 10.5. The lowest BCUT2D eigenvalue weighted by atomic mass is 10.0. The average Bonchev–Trinajstić information content (AvgIpc) is 3.03. The van der Waals surface area contributed by atoms with Crippen LogP contribution in [0, 0.1) is 12.8 Å². The Bertz CT molecular complexity index is 1100. The fraction of sp³-hybridized carbons (Fsp3) is 0.375. The van der Waals surface area contributed by atoms with Gasteiger partial charge < -0.3 is 4.90 Å². The summed E-state index contributed by atoms with van der Waals surface area (Å²) in [7, 11) is 0. The topological polar surface area (TPSA) is 60.1 Å². The second kappa shape index (κ2) is 8.30. The van der Waals surface area contributed by atoms with Gasteiger partial charge in [-0.05, 0) is 24.0 Å². The number of aryl methyl sites for hydroxylation is 1. The van der Waals surface area contributed by atoms with Gasteiger partial charge in [-0.25, -0.2) is 9.48 Å². The van der Waals surface area contributed by atoms with Crippen molar-refractivity contribution in [2.24, 2.45) is 5.92 Å². The minimum Gasteiger partial charge on any atom is -0.326 e. The van der Waals surface area contributed by atoms with Crippen molar-refractivity contribution < 1.29 is 4.79 Å². The van der Waals surface area contributed by atoms with E-state index in [-0.39, 0.29) is 17.6 Å². The van der Waals surface area contributed by atoms with Crippen LogP contribution < -0.4 is 5.69 Å². The Morgan fingerprint density at radius 1 is 1.10 bits per heavy atom. The van der Waals surface area contributed by atoms with E-state index in [4.69, 9.17) is 0 Å². The Labute approximate surface area is 176 Å². The third-order valence-corrected chi connectivity index (χ3v) is 5.48. The summed E-state index contributed by atoms with van der Waals surface area (Å²) in [5.74, 6) is 1.01. The Kier molecular flexibility index (Phi) is 5.57. The smallest absolute Gasteiger partial charge is 0.326 e. The summed E-state index contributed by atoms with van der Waals surface area (Å²) < 4.78 is 3.28. The summed E-state index contributed by atoms with van der Waals surface area (Å²) in [5, 5.41) is 4.68. The summed E-state index contributed by atoms with van der Waals surface area (Å²) in [6.45, 7) is 7.69. The third-order valence-electron chi connectivity index (χ3n) is 5.48. The van der Waals surface area contributed by atoms with Gasteiger partial charge >= 0.3 is 5.69 Å². The molecule has 0 spiro atoms. The van der Waals surface area contributed by atoms with Crippen molar-refractivity contribution in [3.63, 3.8) is 0 Å². The van der Waals surface area contributed by atoms with Crippen molar-refractivity contribution in [2.45, 2.75) is 46.3 Å². The minimum absolute atomic E-state index is 0.0477. The van der Waals surface area contributed by atoms with Crippen molar-refractivity contribution >= 4 is 5.91 Å². The quantitative estimate of drug-likeness (QED) is 0.656. The summed E-state index contributed by atoms with van der Waals surface area (Å²) in [6, 6.07) is 17.6. The Balaban J connectivity index is 1.73. The van der Waals surface area contributed by atoms with E-state index in [0.29, 0.717) is 37.8 Å². The maximum Gasteiger partial charge on any atom is 0.346 e. The van der Waals surface area contributed by atoms with Crippen LogP contribution in [0.4, 0.5) is 0 Å². The monoisotopic (exact) mass is 404 g/mol. The maximum atomic E-state index is 13.3. The first-order valence-electron chi connectivity index (χ1n) is 10.5. The molecule has 0 saturated carbocycles. The molecular formula is C24H28N4O2. The van der Waals surface area contributed by atoms with Crippen LogP contribution in [0.3, 0.4) is 0 Å². The summed E-state index contributed by atoms with van der Waals surface area (Å²) >= 11 is 0. The molecule has 1 aromatic heterocycles. The van der Waals surface area contributed by atoms with Gasteiger partial charge in [-0.15, -0.1) is 0 Å². The first kappa shape index (κ1) is 20.1. The van der Waals surface area contributed by atoms with E-state index in [1.54, 1.807) is 9.25 Å². The molecule has 4 rings (SSSR count). The van der Waals surface area contributed by atoms with Crippen molar-refractivity contribution in [3.8, 4) is 0 Å². The van der Waals surface area contributed by atoms with Crippen molar-refractivity contribution in [2.75, 3.05) is 6.54 Å². The summed E-state index contributed by atoms with van der Waals surface area (Å²) in [6.07, 6.45) is 0.335. The molecule has 30 heavy (non-hydrogen) atoms. The van der Waals surface area contributed by atoms with Gasteiger partial charge in [0.05, 0.1) is 6.42 Å². The molecule has 0 bridgehead atoms. The lowest BCUT2D eigenvalue weighted by molar-refractivity contribution is -0.133. The van der Waals surface area contributed by atoms with Gasteiger partial charge in [0.2, 0.25) is 5.91 Å². The predicted octanol–water partition coefficient (Wildman–Crippen LogP) is 3.18. The predicted molar refractivity (Wildman–Crippen MR) is 116 cm³/mol. The molecule has 2 aromatic carbocycles. The molecule has 0 fully saturated rings. The standard InChI is InChI=1S/C24H28N4O2/c1-17(2)16-28-24(30)27-13-12-26(21(29)15-19-9-7-8-18(3)14-19)22(23(27)25-28)20-10-5-4-6-11-20/h4-11,14,17,22H,12-13,15-16H2,1-3H3. The molecule has 2 heterocycles. The van der Waals surface area contributed by atoms with Gasteiger partial charge in [0.25, 0.3) is 0 Å². The van der Waals surface area contributed by atoms with Crippen LogP contribution in [0.5, 0.6) is 0 Å². The molecule has 6 nitrogen and oxygen atoms in total. The highest BCUT2D eigenvalue weighted by Crippen LogP contribution is 2.30. The molecule has 1 unspecified atom stereocenters. The van der Waals surface area contributed by atoms with Crippen LogP contribution in [0.15, 0.2) is 59.4 Å². The molecule has 1 aliphatic rings. The SMILES string of the molecule is Cc1cccc(CC(=O)N2CCn3c(nn(CC(C)C)c3=O)C2c2ccccc2)c1. The molecule has 1 amide bonds. The molecule has 156 valence electrons. The van der Waals surface area contributed by atoms with Gasteiger partial charge in [0.1, 0.15) is 6.04 Å². The zero-order valence-electron chi connectivity index (χ0n) is 17.8. The highest BCUT2D eigenvalue weighted by molar-refractivity contribution is 5.79. The molecular weight excluding hydrogens is 376 g/mol. The fourth-order valence-electron chi connectivity index (χ4n) is 4.14. The number of amides is 1. The number of rotatable bonds is 5. The zero-order valence-corrected chi connectivity index (χ0v) is 17.8. The summed E-state index contributed by atoms with van der Waals surface area (Å²) in [4.78, 5) is 28.1. The number of fused-ring (bicyclic) bond motifs is 1. The van der Waals surface area contributed by atoms with Crippen LogP contribution in [0.25, 0.3) is 0 Å². The number of hydrogen-bond donors (Lipinski definition) is 0. The van der Waals surface area contributed by atoms with E-state index < -0.39 is 0 Å². The molecule has 3 aromatic rings. The van der Waals surface area contributed by atoms with Crippen LogP contribution in [0.1, 0.15) is 42.4 Å². The normalized spacial score (nSPS) is 16.0. The second-order valence-corrected chi connectivity index (χ2v) is 8.43. The lowest BCUT2D eigenvalue weighted by Gasteiger charge is -2.35. The molecule has 0 N–H and O–H groups in total. The van der Waals surface area contributed by atoms with Gasteiger partial charge in [0, 0.05) is 19.6 Å². The maximum absolute atomic E-state index is 13.3. The molecule has 0 saturated heterocycles. The van der Waals surface area contributed by atoms with E-state index in [2.05, 4.69) is 18.9 Å². The molecule has 0 aliphatic carbocycles.